The van der Waals surface area contributed by atoms with Crippen molar-refractivity contribution in [3.8, 4) is 11.8 Å². The monoisotopic (exact) mass is 330 g/mol. The summed E-state index contributed by atoms with van der Waals surface area (Å²) in [6.45, 7) is 1.06. The molecule has 7 nitrogen and oxygen atoms in total. The van der Waals surface area contributed by atoms with E-state index in [2.05, 4.69) is 11.4 Å². The number of anilines is 1. The lowest BCUT2D eigenvalue weighted by atomic mass is 10.0. The Morgan fingerprint density at radius 3 is 2.79 bits per heavy atom. The minimum absolute atomic E-state index is 0.119. The van der Waals surface area contributed by atoms with Gasteiger partial charge in [0.1, 0.15) is 5.75 Å². The summed E-state index contributed by atoms with van der Waals surface area (Å²) in [6, 6.07) is 6.90. The van der Waals surface area contributed by atoms with Gasteiger partial charge in [-0.15, -0.1) is 0 Å². The van der Waals surface area contributed by atoms with Gasteiger partial charge in [-0.1, -0.05) is 0 Å². The van der Waals surface area contributed by atoms with Crippen molar-refractivity contribution in [3.63, 3.8) is 0 Å². The number of nitrogens with zero attached hydrogens (tertiary/aromatic N) is 3. The normalized spacial score (nSPS) is 16.9. The molecule has 128 valence electrons. The molecule has 1 N–H and O–H groups in total. The number of hydrogen-bond acceptors (Lipinski definition) is 4. The van der Waals surface area contributed by atoms with Crippen LogP contribution in [0.15, 0.2) is 18.2 Å². The number of amides is 3. The van der Waals surface area contributed by atoms with Crippen LogP contribution in [0.3, 0.4) is 0 Å². The highest BCUT2D eigenvalue weighted by atomic mass is 16.5. The van der Waals surface area contributed by atoms with E-state index in [0.717, 1.165) is 12.8 Å². The van der Waals surface area contributed by atoms with Gasteiger partial charge in [0.2, 0.25) is 0 Å². The van der Waals surface area contributed by atoms with Gasteiger partial charge in [0.05, 0.1) is 24.7 Å². The van der Waals surface area contributed by atoms with Crippen LogP contribution in [0, 0.1) is 17.2 Å². The van der Waals surface area contributed by atoms with Gasteiger partial charge in [0, 0.05) is 32.9 Å². The lowest BCUT2D eigenvalue weighted by Crippen LogP contribution is -2.42. The zero-order valence-electron chi connectivity index (χ0n) is 14.2. The lowest BCUT2D eigenvalue weighted by Gasteiger charge is -2.29. The summed E-state index contributed by atoms with van der Waals surface area (Å²) in [5.74, 6) is 0.130. The van der Waals surface area contributed by atoms with Crippen molar-refractivity contribution < 1.29 is 14.3 Å². The Morgan fingerprint density at radius 1 is 1.42 bits per heavy atom. The van der Waals surface area contributed by atoms with Crippen LogP contribution in [0.4, 0.5) is 10.5 Å². The quantitative estimate of drug-likeness (QED) is 0.920. The number of carbonyl (C=O) groups excluding carboxylic acids is 2. The van der Waals surface area contributed by atoms with E-state index in [1.165, 1.54) is 12.0 Å². The van der Waals surface area contributed by atoms with Crippen molar-refractivity contribution in [2.24, 2.45) is 5.92 Å². The maximum absolute atomic E-state index is 12.4. The molecule has 0 bridgehead atoms. The predicted molar refractivity (Wildman–Crippen MR) is 89.9 cm³/mol. The second-order valence-electron chi connectivity index (χ2n) is 5.96. The Morgan fingerprint density at radius 2 is 2.17 bits per heavy atom. The first kappa shape index (κ1) is 17.6. The van der Waals surface area contributed by atoms with Gasteiger partial charge in [0.25, 0.3) is 5.91 Å². The fraction of sp³-hybridized carbons (Fsp3) is 0.471. The van der Waals surface area contributed by atoms with Gasteiger partial charge in [-0.2, -0.15) is 5.26 Å². The standard InChI is InChI=1S/C17H22N4O3/c1-20(2)16(22)14-9-13(6-7-15(14)24-3)19-17(23)21-8-4-5-12(10-18)11-21/h6-7,9,12H,4-5,8,11H2,1-3H3,(H,19,23)/t12-/m1/s1. The Labute approximate surface area is 141 Å². The zero-order valence-corrected chi connectivity index (χ0v) is 14.2. The van der Waals surface area contributed by atoms with Crippen molar-refractivity contribution in [1.82, 2.24) is 9.80 Å². The number of carbonyl (C=O) groups is 2. The molecule has 1 atom stereocenters. The molecule has 0 aromatic heterocycles. The average Bonchev–Trinajstić information content (AvgIpc) is 2.60. The van der Waals surface area contributed by atoms with Gasteiger partial charge < -0.3 is 19.9 Å². The van der Waals surface area contributed by atoms with E-state index in [0.29, 0.717) is 30.1 Å². The molecule has 0 saturated carbocycles. The molecular weight excluding hydrogens is 308 g/mol. The Bertz CT molecular complexity index is 666. The summed E-state index contributed by atoms with van der Waals surface area (Å²) in [5.41, 5.74) is 0.902. The summed E-state index contributed by atoms with van der Waals surface area (Å²) in [4.78, 5) is 27.7. The maximum atomic E-state index is 12.4. The number of nitriles is 1. The van der Waals surface area contributed by atoms with Crippen molar-refractivity contribution in [3.05, 3.63) is 23.8 Å². The minimum atomic E-state index is -0.261. The molecule has 0 radical (unpaired) electrons. The third kappa shape index (κ3) is 3.96. The van der Waals surface area contributed by atoms with E-state index in [9.17, 15) is 9.59 Å². The summed E-state index contributed by atoms with van der Waals surface area (Å²) in [7, 11) is 4.81. The number of rotatable bonds is 3. The summed E-state index contributed by atoms with van der Waals surface area (Å²) in [6.07, 6.45) is 1.64. The number of nitrogens with one attached hydrogen (secondary N) is 1. The molecule has 1 aromatic rings. The highest BCUT2D eigenvalue weighted by Gasteiger charge is 2.24. The van der Waals surface area contributed by atoms with Gasteiger partial charge in [-0.05, 0) is 31.0 Å². The molecule has 2 rings (SSSR count). The number of ether oxygens (including phenoxy) is 1. The lowest BCUT2D eigenvalue weighted by molar-refractivity contribution is 0.0824. The Balaban J connectivity index is 2.15. The number of piperidine rings is 1. The predicted octanol–water partition coefficient (Wildman–Crippen LogP) is 2.16. The topological polar surface area (TPSA) is 85.7 Å². The molecule has 1 heterocycles. The van der Waals surface area contributed by atoms with Crippen LogP contribution in [-0.2, 0) is 0 Å². The second-order valence-corrected chi connectivity index (χ2v) is 5.96. The molecule has 24 heavy (non-hydrogen) atoms. The van der Waals surface area contributed by atoms with Gasteiger partial charge in [0.15, 0.2) is 0 Å². The van der Waals surface area contributed by atoms with Crippen molar-refractivity contribution in [2.45, 2.75) is 12.8 Å². The first-order chi connectivity index (χ1) is 11.5. The number of urea groups is 1. The van der Waals surface area contributed by atoms with E-state index in [-0.39, 0.29) is 17.9 Å². The maximum Gasteiger partial charge on any atom is 0.321 e. The number of likely N-dealkylation sites (tertiary alicyclic amines) is 1. The SMILES string of the molecule is COc1ccc(NC(=O)N2CCC[C@H](C#N)C2)cc1C(=O)N(C)C. The first-order valence-corrected chi connectivity index (χ1v) is 7.81. The molecule has 1 aromatic carbocycles. The van der Waals surface area contributed by atoms with Crippen molar-refractivity contribution in [1.29, 1.82) is 5.26 Å². The third-order valence-electron chi connectivity index (χ3n) is 3.98. The van der Waals surface area contributed by atoms with Crippen LogP contribution < -0.4 is 10.1 Å². The second kappa shape index (κ2) is 7.68. The summed E-state index contributed by atoms with van der Waals surface area (Å²) in [5, 5.41) is 11.8. The van der Waals surface area contributed by atoms with Gasteiger partial charge in [-0.25, -0.2) is 4.79 Å². The molecule has 7 heteroatoms. The van der Waals surface area contributed by atoms with E-state index >= 15 is 0 Å². The Kier molecular flexibility index (Phi) is 5.64. The molecule has 0 aliphatic carbocycles. The third-order valence-corrected chi connectivity index (χ3v) is 3.98. The van der Waals surface area contributed by atoms with Crippen LogP contribution in [0.25, 0.3) is 0 Å². The molecule has 0 spiro atoms. The fourth-order valence-electron chi connectivity index (χ4n) is 2.66. The van der Waals surface area contributed by atoms with Crippen molar-refractivity contribution >= 4 is 17.6 Å². The molecule has 1 aliphatic heterocycles. The molecular formula is C17H22N4O3. The highest BCUT2D eigenvalue weighted by molar-refractivity contribution is 5.99. The zero-order chi connectivity index (χ0) is 17.7. The van der Waals surface area contributed by atoms with E-state index in [1.807, 2.05) is 0 Å². The van der Waals surface area contributed by atoms with E-state index < -0.39 is 0 Å². The van der Waals surface area contributed by atoms with Gasteiger partial charge >= 0.3 is 6.03 Å². The number of methoxy groups -OCH3 is 1. The highest BCUT2D eigenvalue weighted by Crippen LogP contribution is 2.24. The summed E-state index contributed by atoms with van der Waals surface area (Å²) < 4.78 is 5.21. The Hall–Kier alpha value is -2.75. The van der Waals surface area contributed by atoms with E-state index in [1.54, 1.807) is 37.2 Å². The average molecular weight is 330 g/mol. The molecule has 1 fully saturated rings. The smallest absolute Gasteiger partial charge is 0.321 e. The first-order valence-electron chi connectivity index (χ1n) is 7.81. The van der Waals surface area contributed by atoms with Crippen LogP contribution in [0.1, 0.15) is 23.2 Å². The van der Waals surface area contributed by atoms with Crippen LogP contribution in [0.5, 0.6) is 5.75 Å². The number of benzene rings is 1. The minimum Gasteiger partial charge on any atom is -0.496 e. The van der Waals surface area contributed by atoms with Crippen LogP contribution in [0.2, 0.25) is 0 Å². The fourth-order valence-corrected chi connectivity index (χ4v) is 2.66. The van der Waals surface area contributed by atoms with Crippen molar-refractivity contribution in [2.75, 3.05) is 39.6 Å². The van der Waals surface area contributed by atoms with Gasteiger partial charge in [-0.3, -0.25) is 4.79 Å². The molecule has 3 amide bonds. The molecule has 1 aliphatic rings. The van der Waals surface area contributed by atoms with Crippen LogP contribution in [-0.4, -0.2) is 56.0 Å². The number of hydrogen-bond donors (Lipinski definition) is 1. The molecule has 0 unspecified atom stereocenters. The summed E-state index contributed by atoms with van der Waals surface area (Å²) >= 11 is 0. The molecule has 1 saturated heterocycles. The van der Waals surface area contributed by atoms with Crippen LogP contribution >= 0.6 is 0 Å². The van der Waals surface area contributed by atoms with E-state index in [4.69, 9.17) is 10.00 Å². The largest absolute Gasteiger partial charge is 0.496 e.